The summed E-state index contributed by atoms with van der Waals surface area (Å²) < 4.78 is 1.30. The van der Waals surface area contributed by atoms with E-state index in [1.165, 1.54) is 28.2 Å². The van der Waals surface area contributed by atoms with Gasteiger partial charge < -0.3 is 14.8 Å². The molecule has 1 aliphatic rings. The van der Waals surface area contributed by atoms with Crippen molar-refractivity contribution in [2.45, 2.75) is 13.0 Å². The van der Waals surface area contributed by atoms with Gasteiger partial charge in [0.05, 0.1) is 4.88 Å². The number of carbonyl (C=O) groups excluding carboxylic acids is 2. The first-order chi connectivity index (χ1) is 13.5. The van der Waals surface area contributed by atoms with Crippen molar-refractivity contribution in [3.05, 3.63) is 55.5 Å². The number of hydrogen-bond donors (Lipinski definition) is 2. The quantitative estimate of drug-likeness (QED) is 0.650. The minimum absolute atomic E-state index is 0.0838. The van der Waals surface area contributed by atoms with Crippen LogP contribution in [0.2, 0.25) is 0 Å². The molecule has 0 bridgehead atoms. The zero-order chi connectivity index (χ0) is 19.9. The van der Waals surface area contributed by atoms with Gasteiger partial charge in [0.25, 0.3) is 11.5 Å². The summed E-state index contributed by atoms with van der Waals surface area (Å²) in [6, 6.07) is 4.97. The molecule has 2 aromatic heterocycles. The summed E-state index contributed by atoms with van der Waals surface area (Å²) in [6.45, 7) is 4.35. The predicted octanol–water partition coefficient (Wildman–Crippen LogP) is -0.438. The van der Waals surface area contributed by atoms with Crippen LogP contribution in [0, 0.1) is 0 Å². The molecule has 2 N–H and O–H groups in total. The smallest absolute Gasteiger partial charge is 0.328 e. The fraction of sp³-hybridized carbons (Fsp3) is 0.444. The summed E-state index contributed by atoms with van der Waals surface area (Å²) in [5, 5.41) is 4.74. The first-order valence-electron chi connectivity index (χ1n) is 9.14. The lowest BCUT2D eigenvalue weighted by molar-refractivity contribution is -0.121. The van der Waals surface area contributed by atoms with E-state index in [-0.39, 0.29) is 24.8 Å². The average molecular weight is 405 g/mol. The number of aryl methyl sites for hydroxylation is 1. The van der Waals surface area contributed by atoms with Crippen molar-refractivity contribution in [2.24, 2.45) is 0 Å². The van der Waals surface area contributed by atoms with Crippen LogP contribution in [0.4, 0.5) is 0 Å². The van der Waals surface area contributed by atoms with E-state index in [1.807, 2.05) is 22.4 Å². The van der Waals surface area contributed by atoms with Gasteiger partial charge in [-0.3, -0.25) is 24.3 Å². The molecule has 10 heteroatoms. The van der Waals surface area contributed by atoms with E-state index in [4.69, 9.17) is 0 Å². The Morgan fingerprint density at radius 1 is 1.11 bits per heavy atom. The van der Waals surface area contributed by atoms with Gasteiger partial charge in [0.15, 0.2) is 0 Å². The van der Waals surface area contributed by atoms with Gasteiger partial charge in [-0.15, -0.1) is 11.3 Å². The lowest BCUT2D eigenvalue weighted by atomic mass is 10.3. The van der Waals surface area contributed by atoms with Gasteiger partial charge in [-0.1, -0.05) is 6.07 Å². The Balaban J connectivity index is 1.33. The van der Waals surface area contributed by atoms with Crippen LogP contribution in [0.3, 0.4) is 0 Å². The molecular formula is C18H23N5O4S. The van der Waals surface area contributed by atoms with Crippen LogP contribution in [0.15, 0.2) is 39.4 Å². The monoisotopic (exact) mass is 405 g/mol. The van der Waals surface area contributed by atoms with E-state index in [0.717, 1.165) is 18.0 Å². The Morgan fingerprint density at radius 2 is 1.89 bits per heavy atom. The number of nitrogens with one attached hydrogen (secondary N) is 2. The maximum Gasteiger partial charge on any atom is 0.328 e. The lowest BCUT2D eigenvalue weighted by Gasteiger charge is -2.34. The van der Waals surface area contributed by atoms with Gasteiger partial charge in [0.1, 0.15) is 0 Å². The Morgan fingerprint density at radius 3 is 2.57 bits per heavy atom. The first-order valence-corrected chi connectivity index (χ1v) is 10.0. The third-order valence-corrected chi connectivity index (χ3v) is 5.48. The second kappa shape index (κ2) is 9.47. The zero-order valence-corrected chi connectivity index (χ0v) is 16.2. The van der Waals surface area contributed by atoms with Crippen molar-refractivity contribution in [3.63, 3.8) is 0 Å². The Kier molecular flexibility index (Phi) is 6.77. The standard InChI is InChI=1S/C18H23N5O4S/c24-15(3-6-23-7-4-16(25)20-18(23)27)19-5-8-21-9-11-22(12-10-21)17(26)14-2-1-13-28-14/h1-2,4,7,13H,3,5-6,8-12H2,(H,19,24)(H,20,25,27). The number of rotatable bonds is 7. The SMILES string of the molecule is O=C(CCn1ccc(=O)[nH]c1=O)NCCN1CCN(C(=O)c2cccs2)CC1. The van der Waals surface area contributed by atoms with E-state index >= 15 is 0 Å². The summed E-state index contributed by atoms with van der Waals surface area (Å²) in [7, 11) is 0. The highest BCUT2D eigenvalue weighted by atomic mass is 32.1. The molecule has 0 aliphatic carbocycles. The highest BCUT2D eigenvalue weighted by Crippen LogP contribution is 2.13. The van der Waals surface area contributed by atoms with Gasteiger partial charge in [-0.05, 0) is 11.4 Å². The minimum Gasteiger partial charge on any atom is -0.355 e. The number of carbonyl (C=O) groups is 2. The normalized spacial score (nSPS) is 14.8. The van der Waals surface area contributed by atoms with Crippen LogP contribution in [-0.4, -0.2) is 70.4 Å². The van der Waals surface area contributed by atoms with Crippen molar-refractivity contribution in [3.8, 4) is 0 Å². The molecule has 3 heterocycles. The van der Waals surface area contributed by atoms with E-state index in [9.17, 15) is 19.2 Å². The lowest BCUT2D eigenvalue weighted by Crippen LogP contribution is -2.50. The van der Waals surface area contributed by atoms with Crippen molar-refractivity contribution in [1.29, 1.82) is 0 Å². The minimum atomic E-state index is -0.518. The molecular weight excluding hydrogens is 382 g/mol. The summed E-state index contributed by atoms with van der Waals surface area (Å²) >= 11 is 1.46. The van der Waals surface area contributed by atoms with Gasteiger partial charge in [-0.25, -0.2) is 4.79 Å². The molecule has 0 unspecified atom stereocenters. The summed E-state index contributed by atoms with van der Waals surface area (Å²) in [5.41, 5.74) is -0.974. The fourth-order valence-corrected chi connectivity index (χ4v) is 3.71. The topological polar surface area (TPSA) is 108 Å². The molecule has 28 heavy (non-hydrogen) atoms. The molecule has 1 saturated heterocycles. The van der Waals surface area contributed by atoms with Crippen molar-refractivity contribution >= 4 is 23.2 Å². The van der Waals surface area contributed by atoms with Gasteiger partial charge in [0.2, 0.25) is 5.91 Å². The summed E-state index contributed by atoms with van der Waals surface area (Å²) in [4.78, 5) is 53.8. The van der Waals surface area contributed by atoms with E-state index in [2.05, 4.69) is 15.2 Å². The Labute approximate surface area is 165 Å². The number of amides is 2. The molecule has 0 radical (unpaired) electrons. The molecule has 1 aliphatic heterocycles. The van der Waals surface area contributed by atoms with Crippen LogP contribution < -0.4 is 16.6 Å². The van der Waals surface area contributed by atoms with Crippen LogP contribution >= 0.6 is 11.3 Å². The Hall–Kier alpha value is -2.72. The third-order valence-electron chi connectivity index (χ3n) is 4.62. The van der Waals surface area contributed by atoms with Crippen molar-refractivity contribution in [2.75, 3.05) is 39.3 Å². The van der Waals surface area contributed by atoms with Crippen LogP contribution in [0.1, 0.15) is 16.1 Å². The molecule has 0 atom stereocenters. The number of H-pyrrole nitrogens is 1. The maximum atomic E-state index is 12.3. The molecule has 2 aromatic rings. The number of nitrogens with zero attached hydrogens (tertiary/aromatic N) is 3. The van der Waals surface area contributed by atoms with Crippen LogP contribution in [0.25, 0.3) is 0 Å². The second-order valence-electron chi connectivity index (χ2n) is 6.51. The van der Waals surface area contributed by atoms with E-state index in [0.29, 0.717) is 26.2 Å². The summed E-state index contributed by atoms with van der Waals surface area (Å²) in [6.07, 6.45) is 1.54. The fourth-order valence-electron chi connectivity index (χ4n) is 3.01. The number of piperazine rings is 1. The maximum absolute atomic E-state index is 12.3. The van der Waals surface area contributed by atoms with Gasteiger partial charge in [-0.2, -0.15) is 0 Å². The third kappa shape index (κ3) is 5.40. The van der Waals surface area contributed by atoms with Crippen molar-refractivity contribution in [1.82, 2.24) is 24.7 Å². The van der Waals surface area contributed by atoms with Crippen LogP contribution in [0.5, 0.6) is 0 Å². The van der Waals surface area contributed by atoms with E-state index in [1.54, 1.807) is 0 Å². The Bertz CT molecular complexity index is 913. The first kappa shape index (κ1) is 20.0. The van der Waals surface area contributed by atoms with Gasteiger partial charge in [0, 0.05) is 64.5 Å². The van der Waals surface area contributed by atoms with Crippen molar-refractivity contribution < 1.29 is 9.59 Å². The summed E-state index contributed by atoms with van der Waals surface area (Å²) in [5.74, 6) is -0.0648. The molecule has 3 rings (SSSR count). The highest BCUT2D eigenvalue weighted by Gasteiger charge is 2.22. The van der Waals surface area contributed by atoms with E-state index < -0.39 is 11.2 Å². The zero-order valence-electron chi connectivity index (χ0n) is 15.4. The molecule has 9 nitrogen and oxygen atoms in total. The highest BCUT2D eigenvalue weighted by molar-refractivity contribution is 7.12. The largest absolute Gasteiger partial charge is 0.355 e. The van der Waals surface area contributed by atoms with Crippen LogP contribution in [-0.2, 0) is 11.3 Å². The number of hydrogen-bond acceptors (Lipinski definition) is 6. The molecule has 1 fully saturated rings. The number of aromatic nitrogens is 2. The number of thiophene rings is 1. The molecule has 0 spiro atoms. The average Bonchev–Trinajstić information content (AvgIpc) is 3.22. The number of aromatic amines is 1. The molecule has 150 valence electrons. The molecule has 2 amide bonds. The second-order valence-corrected chi connectivity index (χ2v) is 7.46. The van der Waals surface area contributed by atoms with Gasteiger partial charge >= 0.3 is 5.69 Å². The molecule has 0 aromatic carbocycles. The molecule has 0 saturated carbocycles. The predicted molar refractivity (Wildman–Crippen MR) is 106 cm³/mol.